The van der Waals surface area contributed by atoms with Gasteiger partial charge in [0.2, 0.25) is 5.91 Å². The predicted octanol–water partition coefficient (Wildman–Crippen LogP) is 5.42. The minimum Gasteiger partial charge on any atom is -0.506 e. The quantitative estimate of drug-likeness (QED) is 0.187. The fraction of sp³-hybridized carbons (Fsp3) is 0.200. The van der Waals surface area contributed by atoms with Gasteiger partial charge in [-0.3, -0.25) is 9.69 Å². The summed E-state index contributed by atoms with van der Waals surface area (Å²) in [4.78, 5) is 27.8. The molecule has 0 bridgehead atoms. The van der Waals surface area contributed by atoms with Crippen molar-refractivity contribution in [3.8, 4) is 17.2 Å². The third-order valence-electron chi connectivity index (χ3n) is 7.09. The van der Waals surface area contributed by atoms with Crippen molar-refractivity contribution in [1.82, 2.24) is 24.3 Å². The molecule has 10 heteroatoms. The van der Waals surface area contributed by atoms with Crippen LogP contribution in [0.25, 0.3) is 16.6 Å². The minimum atomic E-state index is -0.306. The van der Waals surface area contributed by atoms with Gasteiger partial charge in [-0.25, -0.2) is 15.0 Å². The van der Waals surface area contributed by atoms with Crippen molar-refractivity contribution in [2.45, 2.75) is 25.8 Å². The maximum atomic E-state index is 12.6. The van der Waals surface area contributed by atoms with E-state index in [4.69, 9.17) is 4.74 Å². The van der Waals surface area contributed by atoms with E-state index < -0.39 is 0 Å². The second-order valence-electron chi connectivity index (χ2n) is 9.91. The van der Waals surface area contributed by atoms with Crippen LogP contribution >= 0.6 is 0 Å². The normalized spacial score (nSPS) is 15.7. The Morgan fingerprint density at radius 1 is 1.12 bits per heavy atom. The third-order valence-corrected chi connectivity index (χ3v) is 7.09. The molecule has 2 aromatic carbocycles. The summed E-state index contributed by atoms with van der Waals surface area (Å²) in [5.74, 6) is 1.59. The zero-order chi connectivity index (χ0) is 27.6. The molecule has 1 amide bonds. The van der Waals surface area contributed by atoms with Gasteiger partial charge in [0.15, 0.2) is 0 Å². The molecule has 0 spiro atoms. The smallest absolute Gasteiger partial charge is 0.248 e. The number of nitrogens with zero attached hydrogens (tertiary/aromatic N) is 5. The number of carbonyl (C=O) groups is 1. The van der Waals surface area contributed by atoms with E-state index in [2.05, 4.69) is 30.5 Å². The molecule has 10 nitrogen and oxygen atoms in total. The summed E-state index contributed by atoms with van der Waals surface area (Å²) >= 11 is 0. The van der Waals surface area contributed by atoms with Crippen LogP contribution in [0.5, 0.6) is 17.2 Å². The molecule has 4 heterocycles. The van der Waals surface area contributed by atoms with E-state index >= 15 is 0 Å². The molecule has 202 valence electrons. The summed E-state index contributed by atoms with van der Waals surface area (Å²) in [6, 6.07) is 13.0. The molecule has 3 aromatic heterocycles. The second kappa shape index (κ2) is 10.7. The van der Waals surface area contributed by atoms with Gasteiger partial charge in [0.25, 0.3) is 0 Å². The molecule has 6 rings (SSSR count). The highest BCUT2D eigenvalue weighted by atomic mass is 16.5. The molecule has 1 saturated heterocycles. The second-order valence-corrected chi connectivity index (χ2v) is 9.91. The number of ether oxygens (including phenoxy) is 1. The van der Waals surface area contributed by atoms with Gasteiger partial charge >= 0.3 is 0 Å². The number of rotatable bonds is 7. The number of aromatic nitrogens is 4. The monoisotopic (exact) mass is 535 g/mol. The van der Waals surface area contributed by atoms with E-state index in [1.165, 1.54) is 18.5 Å². The van der Waals surface area contributed by atoms with Crippen molar-refractivity contribution in [2.24, 2.45) is 0 Å². The molecule has 3 N–H and O–H groups in total. The van der Waals surface area contributed by atoms with E-state index in [0.29, 0.717) is 22.5 Å². The Morgan fingerprint density at radius 3 is 2.85 bits per heavy atom. The van der Waals surface area contributed by atoms with Crippen molar-refractivity contribution in [3.63, 3.8) is 0 Å². The van der Waals surface area contributed by atoms with Gasteiger partial charge in [0.05, 0.1) is 11.2 Å². The third kappa shape index (κ3) is 5.29. The van der Waals surface area contributed by atoms with Gasteiger partial charge in [0, 0.05) is 53.9 Å². The zero-order valence-corrected chi connectivity index (χ0v) is 22.2. The first-order valence-corrected chi connectivity index (χ1v) is 13.1. The van der Waals surface area contributed by atoms with Crippen molar-refractivity contribution in [2.75, 3.05) is 24.2 Å². The summed E-state index contributed by atoms with van der Waals surface area (Å²) in [6.45, 7) is 2.99. The summed E-state index contributed by atoms with van der Waals surface area (Å²) in [6.07, 6.45) is 12.5. The van der Waals surface area contributed by atoms with Crippen LogP contribution in [0.4, 0.5) is 17.2 Å². The van der Waals surface area contributed by atoms with Crippen LogP contribution in [-0.2, 0) is 4.79 Å². The first-order chi connectivity index (χ1) is 19.4. The van der Waals surface area contributed by atoms with Gasteiger partial charge in [-0.1, -0.05) is 6.08 Å². The fourth-order valence-electron chi connectivity index (χ4n) is 4.90. The van der Waals surface area contributed by atoms with Crippen LogP contribution in [-0.4, -0.2) is 54.9 Å². The SMILES string of the molecule is Cc1cc(Nc2ncnc3cc(O)c(NC(=O)/C=C/[C@H]4CCCN4C)cc23)ccc1Oc1ccn2ccnc2c1. The van der Waals surface area contributed by atoms with E-state index in [0.717, 1.165) is 42.0 Å². The average Bonchev–Trinajstić information content (AvgIpc) is 3.58. The van der Waals surface area contributed by atoms with Crippen molar-refractivity contribution in [1.29, 1.82) is 0 Å². The number of amides is 1. The van der Waals surface area contributed by atoms with Crippen molar-refractivity contribution in [3.05, 3.63) is 85.1 Å². The lowest BCUT2D eigenvalue weighted by Gasteiger charge is -2.15. The maximum absolute atomic E-state index is 12.6. The summed E-state index contributed by atoms with van der Waals surface area (Å²) < 4.78 is 8.02. The number of hydrogen-bond donors (Lipinski definition) is 3. The van der Waals surface area contributed by atoms with Crippen LogP contribution in [0.1, 0.15) is 18.4 Å². The summed E-state index contributed by atoms with van der Waals surface area (Å²) in [5, 5.41) is 17.3. The van der Waals surface area contributed by atoms with Gasteiger partial charge in [0.1, 0.15) is 35.0 Å². The van der Waals surface area contributed by atoms with E-state index in [1.54, 1.807) is 12.3 Å². The standard InChI is InChI=1S/C30H29N7O3/c1-19-14-20(5-7-27(19)40-22-9-12-37-13-10-31-28(37)15-22)34-30-23-16-25(26(38)17-24(23)32-18-33-30)35-29(39)8-6-21-4-3-11-36(21)2/h5-10,12-18,21,38H,3-4,11H2,1-2H3,(H,35,39)(H,32,33,34)/b8-6+/t21-/m1/s1. The highest BCUT2D eigenvalue weighted by Crippen LogP contribution is 2.34. The summed E-state index contributed by atoms with van der Waals surface area (Å²) in [5.41, 5.74) is 3.37. The molecule has 40 heavy (non-hydrogen) atoms. The molecular formula is C30H29N7O3. The lowest BCUT2D eigenvalue weighted by molar-refractivity contribution is -0.112. The summed E-state index contributed by atoms with van der Waals surface area (Å²) in [7, 11) is 2.05. The highest BCUT2D eigenvalue weighted by Gasteiger charge is 2.18. The maximum Gasteiger partial charge on any atom is 0.248 e. The Morgan fingerprint density at radius 2 is 2.02 bits per heavy atom. The molecule has 1 fully saturated rings. The number of likely N-dealkylation sites (tertiary alicyclic amines) is 1. The number of aryl methyl sites for hydroxylation is 1. The number of hydrogen-bond acceptors (Lipinski definition) is 8. The van der Waals surface area contributed by atoms with Crippen LogP contribution < -0.4 is 15.4 Å². The molecule has 5 aromatic rings. The number of pyridine rings is 1. The number of phenolic OH excluding ortho intramolecular Hbond substituents is 1. The molecule has 1 aliphatic heterocycles. The van der Waals surface area contributed by atoms with E-state index in [-0.39, 0.29) is 23.4 Å². The van der Waals surface area contributed by atoms with Crippen LogP contribution in [0.15, 0.2) is 79.5 Å². The highest BCUT2D eigenvalue weighted by molar-refractivity contribution is 6.03. The number of anilines is 3. The lowest BCUT2D eigenvalue weighted by Crippen LogP contribution is -2.23. The van der Waals surface area contributed by atoms with E-state index in [1.807, 2.05) is 67.2 Å². The predicted molar refractivity (Wildman–Crippen MR) is 154 cm³/mol. The Hall–Kier alpha value is -4.96. The Labute approximate surface area is 231 Å². The average molecular weight is 536 g/mol. The number of nitrogens with one attached hydrogen (secondary N) is 2. The number of imidazole rings is 1. The molecular weight excluding hydrogens is 506 g/mol. The molecule has 0 radical (unpaired) electrons. The molecule has 0 saturated carbocycles. The molecule has 0 aliphatic carbocycles. The Balaban J connectivity index is 1.20. The molecule has 1 aliphatic rings. The zero-order valence-electron chi connectivity index (χ0n) is 22.2. The first kappa shape index (κ1) is 25.3. The number of aromatic hydroxyl groups is 1. The lowest BCUT2D eigenvalue weighted by atomic mass is 10.1. The number of carbonyl (C=O) groups excluding carboxylic acids is 1. The number of likely N-dealkylation sites (N-methyl/N-ethyl adjacent to an activating group) is 1. The van der Waals surface area contributed by atoms with Crippen molar-refractivity contribution < 1.29 is 14.6 Å². The number of fused-ring (bicyclic) bond motifs is 2. The van der Waals surface area contributed by atoms with Crippen LogP contribution in [0, 0.1) is 6.92 Å². The largest absolute Gasteiger partial charge is 0.506 e. The number of phenols is 1. The van der Waals surface area contributed by atoms with Crippen LogP contribution in [0.2, 0.25) is 0 Å². The van der Waals surface area contributed by atoms with Gasteiger partial charge < -0.3 is 24.9 Å². The topological polar surface area (TPSA) is 117 Å². The first-order valence-electron chi connectivity index (χ1n) is 13.1. The van der Waals surface area contributed by atoms with Gasteiger partial charge in [-0.2, -0.15) is 0 Å². The fourth-order valence-corrected chi connectivity index (χ4v) is 4.90. The molecule has 1 atom stereocenters. The number of benzene rings is 2. The van der Waals surface area contributed by atoms with E-state index in [9.17, 15) is 9.90 Å². The Bertz CT molecular complexity index is 1750. The minimum absolute atomic E-state index is 0.0669. The molecule has 0 unspecified atom stereocenters. The van der Waals surface area contributed by atoms with Crippen molar-refractivity contribution >= 4 is 39.6 Å². The van der Waals surface area contributed by atoms with Gasteiger partial charge in [-0.05, 0) is 69.3 Å². The Kier molecular flexibility index (Phi) is 6.75. The van der Waals surface area contributed by atoms with Gasteiger partial charge in [-0.15, -0.1) is 0 Å². The van der Waals surface area contributed by atoms with Crippen LogP contribution in [0.3, 0.4) is 0 Å².